The zero-order valence-electron chi connectivity index (χ0n) is 10.2. The maximum Gasteiger partial charge on any atom is 0.326 e. The molecule has 21 heavy (non-hydrogen) atoms. The normalized spacial score (nSPS) is 15.8. The van der Waals surface area contributed by atoms with Crippen LogP contribution in [0.3, 0.4) is 0 Å². The molecule has 2 N–H and O–H groups in total. The van der Waals surface area contributed by atoms with Crippen molar-refractivity contribution in [3.8, 4) is 5.75 Å². The number of carbonyl (C=O) groups is 3. The first-order chi connectivity index (χ1) is 9.86. The molecule has 0 radical (unpaired) electrons. The van der Waals surface area contributed by atoms with Crippen molar-refractivity contribution < 1.29 is 24.2 Å². The predicted octanol–water partition coefficient (Wildman–Crippen LogP) is 0.302. The lowest BCUT2D eigenvalue weighted by molar-refractivity contribution is -0.307. The molecule has 2 rings (SSSR count). The topological polar surface area (TPSA) is 108 Å². The van der Waals surface area contributed by atoms with Gasteiger partial charge in [0.15, 0.2) is 5.75 Å². The van der Waals surface area contributed by atoms with Crippen molar-refractivity contribution >= 4 is 47.2 Å². The molecule has 1 aromatic carbocycles. The highest BCUT2D eigenvalue weighted by molar-refractivity contribution is 6.37. The van der Waals surface area contributed by atoms with E-state index in [9.17, 15) is 19.5 Å². The van der Waals surface area contributed by atoms with Crippen molar-refractivity contribution in [1.82, 2.24) is 10.6 Å². The fourth-order valence-electron chi connectivity index (χ4n) is 1.58. The second-order valence-electron chi connectivity index (χ2n) is 3.94. The molecule has 0 atom stereocenters. The van der Waals surface area contributed by atoms with E-state index in [1.165, 1.54) is 18.2 Å². The number of carbonyl (C=O) groups excluding carboxylic acids is 3. The van der Waals surface area contributed by atoms with Gasteiger partial charge >= 0.3 is 6.03 Å². The summed E-state index contributed by atoms with van der Waals surface area (Å²) in [6.07, 6.45) is 1.36. The molecule has 0 saturated carbocycles. The van der Waals surface area contributed by atoms with E-state index >= 15 is 0 Å². The van der Waals surface area contributed by atoms with Crippen molar-refractivity contribution in [3.63, 3.8) is 0 Å². The highest BCUT2D eigenvalue weighted by Gasteiger charge is 2.23. The monoisotopic (exact) mass is 329 g/mol. The number of carboxylic acid groups (broad SMARTS) is 1. The van der Waals surface area contributed by atoms with Crippen LogP contribution in [0.15, 0.2) is 17.8 Å². The number of benzene rings is 1. The van der Waals surface area contributed by atoms with Gasteiger partial charge in [0.1, 0.15) is 12.3 Å². The van der Waals surface area contributed by atoms with Gasteiger partial charge in [-0.1, -0.05) is 23.2 Å². The minimum Gasteiger partial charge on any atom is -0.546 e. The Kier molecular flexibility index (Phi) is 4.35. The van der Waals surface area contributed by atoms with Crippen LogP contribution < -0.4 is 20.5 Å². The average Bonchev–Trinajstić information content (AvgIpc) is 2.66. The zero-order chi connectivity index (χ0) is 15.6. The number of hydrogen-bond donors (Lipinski definition) is 2. The van der Waals surface area contributed by atoms with Crippen molar-refractivity contribution in [2.24, 2.45) is 0 Å². The van der Waals surface area contributed by atoms with E-state index in [4.69, 9.17) is 27.9 Å². The summed E-state index contributed by atoms with van der Waals surface area (Å²) >= 11 is 11.9. The second kappa shape index (κ2) is 6.02. The summed E-state index contributed by atoms with van der Waals surface area (Å²) in [6.45, 7) is -0.696. The zero-order valence-corrected chi connectivity index (χ0v) is 11.7. The molecule has 1 heterocycles. The lowest BCUT2D eigenvalue weighted by Crippen LogP contribution is -2.29. The van der Waals surface area contributed by atoms with E-state index in [2.05, 4.69) is 5.32 Å². The molecule has 0 spiro atoms. The van der Waals surface area contributed by atoms with Crippen LogP contribution in [0.5, 0.6) is 5.75 Å². The third-order valence-electron chi connectivity index (χ3n) is 2.39. The number of imide groups is 1. The van der Waals surface area contributed by atoms with E-state index in [0.29, 0.717) is 5.56 Å². The van der Waals surface area contributed by atoms with Crippen LogP contribution in [0.1, 0.15) is 5.56 Å². The van der Waals surface area contributed by atoms with E-state index < -0.39 is 24.5 Å². The average molecular weight is 330 g/mol. The van der Waals surface area contributed by atoms with Crippen LogP contribution in [0.2, 0.25) is 10.0 Å². The molecule has 0 unspecified atom stereocenters. The smallest absolute Gasteiger partial charge is 0.326 e. The third kappa shape index (κ3) is 3.65. The maximum absolute atomic E-state index is 11.4. The van der Waals surface area contributed by atoms with Crippen LogP contribution in [-0.2, 0) is 9.59 Å². The van der Waals surface area contributed by atoms with E-state index in [0.717, 1.165) is 0 Å². The Morgan fingerprint density at radius 3 is 2.33 bits per heavy atom. The standard InChI is InChI=1S/C12H8Cl2N2O5/c13-6-1-5(3-8-11(19)16-12(20)15-8)2-7(14)10(6)21-4-9(17)18/h1-3H,4H2,(H,17,18)(H2,15,16,19,20)/p-1. The Labute approximate surface area is 128 Å². The molecule has 110 valence electrons. The van der Waals surface area contributed by atoms with Crippen molar-refractivity contribution in [2.45, 2.75) is 0 Å². The molecule has 1 aliphatic rings. The summed E-state index contributed by atoms with van der Waals surface area (Å²) in [7, 11) is 0. The summed E-state index contributed by atoms with van der Waals surface area (Å²) < 4.78 is 4.90. The number of rotatable bonds is 4. The molecule has 1 aliphatic heterocycles. The summed E-state index contributed by atoms with van der Waals surface area (Å²) in [4.78, 5) is 32.7. The van der Waals surface area contributed by atoms with Crippen LogP contribution in [0, 0.1) is 0 Å². The van der Waals surface area contributed by atoms with Gasteiger partial charge in [0.2, 0.25) is 0 Å². The third-order valence-corrected chi connectivity index (χ3v) is 2.95. The fourth-order valence-corrected chi connectivity index (χ4v) is 2.19. The molecule has 9 heteroatoms. The molecule has 0 aliphatic carbocycles. The number of urea groups is 1. The maximum atomic E-state index is 11.4. The lowest BCUT2D eigenvalue weighted by Gasteiger charge is -2.11. The van der Waals surface area contributed by atoms with Gasteiger partial charge in [-0.2, -0.15) is 0 Å². The molecule has 0 aromatic heterocycles. The van der Waals surface area contributed by atoms with Gasteiger partial charge in [-0.15, -0.1) is 0 Å². The Hall–Kier alpha value is -2.25. The Morgan fingerprint density at radius 2 is 1.86 bits per heavy atom. The van der Waals surface area contributed by atoms with Gasteiger partial charge in [0.05, 0.1) is 16.0 Å². The van der Waals surface area contributed by atoms with Gasteiger partial charge in [-0.3, -0.25) is 10.1 Å². The fraction of sp³-hybridized carbons (Fsp3) is 0.0833. The predicted molar refractivity (Wildman–Crippen MR) is 71.6 cm³/mol. The second-order valence-corrected chi connectivity index (χ2v) is 4.76. The first-order valence-corrected chi connectivity index (χ1v) is 6.28. The Morgan fingerprint density at radius 1 is 1.24 bits per heavy atom. The van der Waals surface area contributed by atoms with Gasteiger partial charge in [-0.05, 0) is 23.8 Å². The largest absolute Gasteiger partial charge is 0.546 e. The number of amides is 3. The van der Waals surface area contributed by atoms with Crippen LogP contribution in [0.4, 0.5) is 4.79 Å². The van der Waals surface area contributed by atoms with E-state index in [-0.39, 0.29) is 21.5 Å². The van der Waals surface area contributed by atoms with Crippen LogP contribution >= 0.6 is 23.2 Å². The number of carboxylic acids is 1. The number of nitrogens with one attached hydrogen (secondary N) is 2. The summed E-state index contributed by atoms with van der Waals surface area (Å²) in [6, 6.07) is 2.18. The minimum atomic E-state index is -1.42. The number of aliphatic carboxylic acids is 1. The van der Waals surface area contributed by atoms with E-state index in [1.54, 1.807) is 0 Å². The molecule has 7 nitrogen and oxygen atoms in total. The SMILES string of the molecule is O=C([O-])COc1c(Cl)cc(C=C2NC(=O)NC2=O)cc1Cl. The van der Waals surface area contributed by atoms with Crippen LogP contribution in [0.25, 0.3) is 6.08 Å². The Balaban J connectivity index is 2.27. The van der Waals surface area contributed by atoms with Gasteiger partial charge in [-0.25, -0.2) is 4.79 Å². The van der Waals surface area contributed by atoms with Gasteiger partial charge in [0, 0.05) is 0 Å². The summed E-state index contributed by atoms with van der Waals surface area (Å²) in [5, 5.41) is 14.8. The first-order valence-electron chi connectivity index (χ1n) is 5.52. The molecule has 1 saturated heterocycles. The number of ether oxygens (including phenoxy) is 1. The van der Waals surface area contributed by atoms with Crippen molar-refractivity contribution in [2.75, 3.05) is 6.61 Å². The van der Waals surface area contributed by atoms with Gasteiger partial charge in [0.25, 0.3) is 5.91 Å². The highest BCUT2D eigenvalue weighted by Crippen LogP contribution is 2.34. The molecule has 0 bridgehead atoms. The van der Waals surface area contributed by atoms with Crippen LogP contribution in [-0.4, -0.2) is 24.5 Å². The number of halogens is 2. The molecule has 3 amide bonds. The van der Waals surface area contributed by atoms with Crippen molar-refractivity contribution in [1.29, 1.82) is 0 Å². The lowest BCUT2D eigenvalue weighted by atomic mass is 10.2. The molecular formula is C12H7Cl2N2O5-. The molecular weight excluding hydrogens is 323 g/mol. The van der Waals surface area contributed by atoms with Gasteiger partial charge < -0.3 is 20.0 Å². The molecule has 1 aromatic rings. The minimum absolute atomic E-state index is 0.00964. The summed E-state index contributed by atoms with van der Waals surface area (Å²) in [5.41, 5.74) is 0.466. The van der Waals surface area contributed by atoms with E-state index in [1.807, 2.05) is 5.32 Å². The molecule has 1 fully saturated rings. The summed E-state index contributed by atoms with van der Waals surface area (Å²) in [5.74, 6) is -2.01. The highest BCUT2D eigenvalue weighted by atomic mass is 35.5. The Bertz CT molecular complexity index is 649. The quantitative estimate of drug-likeness (QED) is 0.610. The first kappa shape index (κ1) is 15.1. The van der Waals surface area contributed by atoms with Crippen molar-refractivity contribution in [3.05, 3.63) is 33.4 Å². The number of hydrogen-bond acceptors (Lipinski definition) is 5.